The van der Waals surface area contributed by atoms with E-state index in [0.29, 0.717) is 24.2 Å². The van der Waals surface area contributed by atoms with Gasteiger partial charge in [0.15, 0.2) is 0 Å². The summed E-state index contributed by atoms with van der Waals surface area (Å²) in [5, 5.41) is 0. The van der Waals surface area contributed by atoms with Crippen LogP contribution in [0, 0.1) is 11.7 Å². The van der Waals surface area contributed by atoms with Crippen LogP contribution in [-0.2, 0) is 4.79 Å². The molecule has 2 saturated heterocycles. The molecule has 0 unspecified atom stereocenters. The highest BCUT2D eigenvalue weighted by Gasteiger charge is 2.29. The number of halogens is 1. The van der Waals surface area contributed by atoms with Crippen molar-refractivity contribution in [2.75, 3.05) is 32.7 Å². The van der Waals surface area contributed by atoms with E-state index in [0.717, 1.165) is 57.5 Å². The molecule has 0 aromatic heterocycles. The van der Waals surface area contributed by atoms with E-state index in [-0.39, 0.29) is 5.82 Å². The number of benzene rings is 1. The van der Waals surface area contributed by atoms with Crippen molar-refractivity contribution in [1.29, 1.82) is 0 Å². The second kappa shape index (κ2) is 7.43. The number of nitrogens with zero attached hydrogens (tertiary/aromatic N) is 2. The van der Waals surface area contributed by atoms with E-state index < -0.39 is 0 Å². The molecule has 2 heterocycles. The number of piperidine rings is 1. The van der Waals surface area contributed by atoms with Gasteiger partial charge in [-0.3, -0.25) is 4.79 Å². The van der Waals surface area contributed by atoms with Crippen molar-refractivity contribution < 1.29 is 9.18 Å². The molecule has 126 valence electrons. The maximum Gasteiger partial charge on any atom is 0.222 e. The Bertz CT molecular complexity index is 523. The molecule has 4 heteroatoms. The summed E-state index contributed by atoms with van der Waals surface area (Å²) in [6.45, 7) is 7.21. The summed E-state index contributed by atoms with van der Waals surface area (Å²) in [5.41, 5.74) is 1.15. The van der Waals surface area contributed by atoms with Crippen LogP contribution in [0.2, 0.25) is 0 Å². The minimum Gasteiger partial charge on any atom is -0.342 e. The number of carbonyl (C=O) groups is 1. The van der Waals surface area contributed by atoms with Gasteiger partial charge < -0.3 is 9.80 Å². The molecule has 2 aliphatic heterocycles. The second-order valence-corrected chi connectivity index (χ2v) is 6.96. The number of hydrogen-bond acceptors (Lipinski definition) is 2. The highest BCUT2D eigenvalue weighted by molar-refractivity contribution is 5.76. The third-order valence-corrected chi connectivity index (χ3v) is 5.50. The highest BCUT2D eigenvalue weighted by atomic mass is 19.1. The van der Waals surface area contributed by atoms with Crippen molar-refractivity contribution in [2.24, 2.45) is 5.92 Å². The minimum atomic E-state index is -0.196. The average Bonchev–Trinajstić information content (AvgIpc) is 3.06. The van der Waals surface area contributed by atoms with Crippen molar-refractivity contribution in [3.05, 3.63) is 35.6 Å². The Kier molecular flexibility index (Phi) is 5.31. The van der Waals surface area contributed by atoms with Crippen LogP contribution in [0.15, 0.2) is 24.3 Å². The second-order valence-electron chi connectivity index (χ2n) is 6.96. The molecular weight excluding hydrogens is 291 g/mol. The number of rotatable bonds is 4. The van der Waals surface area contributed by atoms with Gasteiger partial charge in [0.25, 0.3) is 0 Å². The maximum absolute atomic E-state index is 13.0. The highest BCUT2D eigenvalue weighted by Crippen LogP contribution is 2.29. The van der Waals surface area contributed by atoms with Crippen LogP contribution in [0.1, 0.15) is 44.1 Å². The Hall–Kier alpha value is -1.42. The summed E-state index contributed by atoms with van der Waals surface area (Å²) in [6, 6.07) is 6.74. The van der Waals surface area contributed by atoms with Crippen LogP contribution in [-0.4, -0.2) is 48.4 Å². The number of likely N-dealkylation sites (tertiary alicyclic amines) is 2. The molecule has 1 aromatic rings. The molecule has 3 rings (SSSR count). The van der Waals surface area contributed by atoms with Crippen LogP contribution in [0.4, 0.5) is 4.39 Å². The molecule has 0 N–H and O–H groups in total. The van der Waals surface area contributed by atoms with E-state index in [1.54, 1.807) is 0 Å². The van der Waals surface area contributed by atoms with Crippen LogP contribution in [0.25, 0.3) is 0 Å². The monoisotopic (exact) mass is 318 g/mol. The van der Waals surface area contributed by atoms with Gasteiger partial charge in [-0.2, -0.15) is 0 Å². The number of amides is 1. The Balaban J connectivity index is 1.49. The van der Waals surface area contributed by atoms with Crippen LogP contribution >= 0.6 is 0 Å². The first-order valence-corrected chi connectivity index (χ1v) is 8.91. The lowest BCUT2D eigenvalue weighted by Crippen LogP contribution is -2.36. The van der Waals surface area contributed by atoms with Crippen molar-refractivity contribution in [3.8, 4) is 0 Å². The minimum absolute atomic E-state index is 0.196. The van der Waals surface area contributed by atoms with Crippen LogP contribution in [0.3, 0.4) is 0 Å². The van der Waals surface area contributed by atoms with E-state index in [2.05, 4.69) is 11.8 Å². The first-order chi connectivity index (χ1) is 11.2. The Morgan fingerprint density at radius 3 is 2.48 bits per heavy atom. The summed E-state index contributed by atoms with van der Waals surface area (Å²) in [6.07, 6.45) is 3.99. The third kappa shape index (κ3) is 4.11. The normalized spacial score (nSPS) is 23.4. The molecule has 23 heavy (non-hydrogen) atoms. The molecule has 0 radical (unpaired) electrons. The molecule has 3 nitrogen and oxygen atoms in total. The summed E-state index contributed by atoms with van der Waals surface area (Å²) in [5.74, 6) is 1.03. The lowest BCUT2D eigenvalue weighted by atomic mass is 9.93. The van der Waals surface area contributed by atoms with Crippen molar-refractivity contribution in [2.45, 2.75) is 38.5 Å². The molecule has 1 atom stereocenters. The van der Waals surface area contributed by atoms with Gasteiger partial charge >= 0.3 is 0 Å². The van der Waals surface area contributed by atoms with E-state index in [1.165, 1.54) is 12.1 Å². The molecular formula is C19H27FN2O. The molecule has 0 saturated carbocycles. The lowest BCUT2D eigenvalue weighted by molar-refractivity contribution is -0.131. The maximum atomic E-state index is 13.0. The van der Waals surface area contributed by atoms with E-state index in [9.17, 15) is 9.18 Å². The van der Waals surface area contributed by atoms with Gasteiger partial charge in [0, 0.05) is 25.4 Å². The Labute approximate surface area is 138 Å². The van der Waals surface area contributed by atoms with E-state index in [4.69, 9.17) is 0 Å². The van der Waals surface area contributed by atoms with Gasteiger partial charge in [-0.15, -0.1) is 0 Å². The SMILES string of the molecule is CCN1CCC(CC(=O)N2CC[C@H](c3ccc(F)cc3)C2)CC1. The topological polar surface area (TPSA) is 23.6 Å². The predicted molar refractivity (Wildman–Crippen MR) is 89.8 cm³/mol. The predicted octanol–water partition coefficient (Wildman–Crippen LogP) is 3.26. The van der Waals surface area contributed by atoms with Crippen molar-refractivity contribution in [1.82, 2.24) is 9.80 Å². The number of carbonyl (C=O) groups excluding carboxylic acids is 1. The summed E-state index contributed by atoms with van der Waals surface area (Å²) >= 11 is 0. The fraction of sp³-hybridized carbons (Fsp3) is 0.632. The zero-order valence-electron chi connectivity index (χ0n) is 14.0. The molecule has 2 aliphatic rings. The fourth-order valence-electron chi connectivity index (χ4n) is 3.88. The zero-order valence-corrected chi connectivity index (χ0v) is 14.0. The molecule has 0 bridgehead atoms. The Morgan fingerprint density at radius 2 is 1.83 bits per heavy atom. The van der Waals surface area contributed by atoms with Gasteiger partial charge in [-0.1, -0.05) is 19.1 Å². The van der Waals surface area contributed by atoms with Gasteiger partial charge in [-0.05, 0) is 62.5 Å². The first-order valence-electron chi connectivity index (χ1n) is 8.91. The van der Waals surface area contributed by atoms with Crippen LogP contribution < -0.4 is 0 Å². The van der Waals surface area contributed by atoms with Crippen molar-refractivity contribution in [3.63, 3.8) is 0 Å². The van der Waals surface area contributed by atoms with Gasteiger partial charge in [0.1, 0.15) is 5.82 Å². The molecule has 0 aliphatic carbocycles. The quantitative estimate of drug-likeness (QED) is 0.851. The molecule has 1 aromatic carbocycles. The van der Waals surface area contributed by atoms with Gasteiger partial charge in [0.05, 0.1) is 0 Å². The van der Waals surface area contributed by atoms with Crippen LogP contribution in [0.5, 0.6) is 0 Å². The van der Waals surface area contributed by atoms with Gasteiger partial charge in [-0.25, -0.2) is 4.39 Å². The zero-order chi connectivity index (χ0) is 16.2. The van der Waals surface area contributed by atoms with E-state index >= 15 is 0 Å². The third-order valence-electron chi connectivity index (χ3n) is 5.50. The number of hydrogen-bond donors (Lipinski definition) is 0. The summed E-state index contributed by atoms with van der Waals surface area (Å²) < 4.78 is 13.0. The van der Waals surface area contributed by atoms with Crippen molar-refractivity contribution >= 4 is 5.91 Å². The molecule has 0 spiro atoms. The lowest BCUT2D eigenvalue weighted by Gasteiger charge is -2.31. The van der Waals surface area contributed by atoms with Gasteiger partial charge in [0.2, 0.25) is 5.91 Å². The summed E-state index contributed by atoms with van der Waals surface area (Å²) in [4.78, 5) is 17.0. The molecule has 2 fully saturated rings. The average molecular weight is 318 g/mol. The fourth-order valence-corrected chi connectivity index (χ4v) is 3.88. The molecule has 1 amide bonds. The van der Waals surface area contributed by atoms with E-state index in [1.807, 2.05) is 17.0 Å². The smallest absolute Gasteiger partial charge is 0.222 e. The summed E-state index contributed by atoms with van der Waals surface area (Å²) in [7, 11) is 0. The Morgan fingerprint density at radius 1 is 1.13 bits per heavy atom. The standard InChI is InChI=1S/C19H27FN2O/c1-2-21-10-7-15(8-11-21)13-19(23)22-12-9-17(14-22)16-3-5-18(20)6-4-16/h3-6,15,17H,2,7-14H2,1H3/t17-/m0/s1. The largest absolute Gasteiger partial charge is 0.342 e. The first kappa shape index (κ1) is 16.4.